The maximum atomic E-state index is 13.0. The van der Waals surface area contributed by atoms with E-state index in [0.29, 0.717) is 6.54 Å². The first-order valence-corrected chi connectivity index (χ1v) is 7.86. The molecule has 1 aliphatic carbocycles. The van der Waals surface area contributed by atoms with Crippen LogP contribution in [0.1, 0.15) is 35.6 Å². The van der Waals surface area contributed by atoms with E-state index in [1.54, 1.807) is 12.1 Å². The van der Waals surface area contributed by atoms with Gasteiger partial charge in [0.2, 0.25) is 5.91 Å². The maximum Gasteiger partial charge on any atom is 0.241 e. The largest absolute Gasteiger partial charge is 0.354 e. The molecule has 1 atom stereocenters. The third kappa shape index (κ3) is 3.42. The molecule has 1 unspecified atom stereocenters. The lowest BCUT2D eigenvalue weighted by atomic mass is 9.95. The average molecular weight is 312 g/mol. The summed E-state index contributed by atoms with van der Waals surface area (Å²) >= 11 is 0. The Morgan fingerprint density at radius 1 is 1.17 bits per heavy atom. The van der Waals surface area contributed by atoms with Crippen LogP contribution in [-0.4, -0.2) is 12.5 Å². The zero-order valence-corrected chi connectivity index (χ0v) is 13.2. The number of carbonyl (C=O) groups is 1. The van der Waals surface area contributed by atoms with Gasteiger partial charge in [-0.3, -0.25) is 4.79 Å². The monoisotopic (exact) mass is 312 g/mol. The van der Waals surface area contributed by atoms with Crippen molar-refractivity contribution in [1.29, 1.82) is 0 Å². The van der Waals surface area contributed by atoms with E-state index in [9.17, 15) is 9.18 Å². The molecule has 0 heterocycles. The number of nitrogens with two attached hydrogens (primary N) is 1. The summed E-state index contributed by atoms with van der Waals surface area (Å²) < 4.78 is 13.0. The van der Waals surface area contributed by atoms with Crippen molar-refractivity contribution in [3.05, 3.63) is 71.0 Å². The van der Waals surface area contributed by atoms with Crippen molar-refractivity contribution in [3.63, 3.8) is 0 Å². The van der Waals surface area contributed by atoms with Crippen LogP contribution >= 0.6 is 0 Å². The molecule has 0 spiro atoms. The lowest BCUT2D eigenvalue weighted by Crippen LogP contribution is -2.38. The number of hydrogen-bond donors (Lipinski definition) is 2. The first kappa shape index (κ1) is 15.7. The Bertz CT molecular complexity index is 690. The van der Waals surface area contributed by atoms with Crippen molar-refractivity contribution in [1.82, 2.24) is 5.32 Å². The second-order valence-electron chi connectivity index (χ2n) is 6.39. The summed E-state index contributed by atoms with van der Waals surface area (Å²) in [7, 11) is 0. The molecule has 3 rings (SSSR count). The number of benzene rings is 2. The van der Waals surface area contributed by atoms with Gasteiger partial charge in [0, 0.05) is 12.0 Å². The van der Waals surface area contributed by atoms with E-state index in [1.165, 1.54) is 12.1 Å². The van der Waals surface area contributed by atoms with E-state index in [1.807, 2.05) is 31.2 Å². The van der Waals surface area contributed by atoms with Gasteiger partial charge in [0.05, 0.1) is 0 Å². The van der Waals surface area contributed by atoms with Gasteiger partial charge in [-0.05, 0) is 43.0 Å². The molecule has 3 N–H and O–H groups in total. The summed E-state index contributed by atoms with van der Waals surface area (Å²) in [5.74, 6) is -0.419. The molecule has 1 amide bonds. The van der Waals surface area contributed by atoms with Crippen LogP contribution in [0.2, 0.25) is 0 Å². The molecule has 1 fully saturated rings. The van der Waals surface area contributed by atoms with Gasteiger partial charge < -0.3 is 11.1 Å². The fraction of sp³-hybridized carbons (Fsp3) is 0.316. The fourth-order valence-electron chi connectivity index (χ4n) is 2.81. The molecule has 3 nitrogen and oxygen atoms in total. The highest BCUT2D eigenvalue weighted by atomic mass is 19.1. The molecule has 2 aromatic carbocycles. The van der Waals surface area contributed by atoms with Crippen molar-refractivity contribution in [2.24, 2.45) is 5.73 Å². The molecule has 1 aliphatic rings. The summed E-state index contributed by atoms with van der Waals surface area (Å²) in [6.45, 7) is 2.53. The highest BCUT2D eigenvalue weighted by molar-refractivity contribution is 5.83. The fourth-order valence-corrected chi connectivity index (χ4v) is 2.81. The van der Waals surface area contributed by atoms with Gasteiger partial charge in [0.25, 0.3) is 0 Å². The quantitative estimate of drug-likeness (QED) is 0.892. The zero-order valence-electron chi connectivity index (χ0n) is 13.2. The minimum Gasteiger partial charge on any atom is -0.354 e. The number of rotatable bonds is 5. The van der Waals surface area contributed by atoms with Gasteiger partial charge in [-0.1, -0.05) is 42.0 Å². The van der Waals surface area contributed by atoms with E-state index >= 15 is 0 Å². The Morgan fingerprint density at radius 2 is 1.78 bits per heavy atom. The van der Waals surface area contributed by atoms with E-state index in [0.717, 1.165) is 29.5 Å². The summed E-state index contributed by atoms with van der Waals surface area (Å²) in [6.07, 6.45) is 2.00. The number of carbonyl (C=O) groups excluding carboxylic acids is 1. The molecule has 23 heavy (non-hydrogen) atoms. The normalized spacial score (nSPS) is 16.7. The van der Waals surface area contributed by atoms with Crippen molar-refractivity contribution in [2.45, 2.75) is 31.2 Å². The van der Waals surface area contributed by atoms with Gasteiger partial charge in [0.15, 0.2) is 0 Å². The Kier molecular flexibility index (Phi) is 4.18. The molecule has 0 radical (unpaired) electrons. The summed E-state index contributed by atoms with van der Waals surface area (Å²) in [6, 6.07) is 13.5. The van der Waals surface area contributed by atoms with Crippen molar-refractivity contribution < 1.29 is 9.18 Å². The molecule has 1 saturated carbocycles. The van der Waals surface area contributed by atoms with E-state index in [-0.39, 0.29) is 17.1 Å². The summed E-state index contributed by atoms with van der Waals surface area (Å²) in [5.41, 5.74) is 8.99. The lowest BCUT2D eigenvalue weighted by Gasteiger charge is -2.19. The number of amides is 1. The second-order valence-corrected chi connectivity index (χ2v) is 6.39. The maximum absolute atomic E-state index is 13.0. The molecule has 0 aromatic heterocycles. The van der Waals surface area contributed by atoms with Crippen LogP contribution in [-0.2, 0) is 10.2 Å². The van der Waals surface area contributed by atoms with Crippen LogP contribution in [0.5, 0.6) is 0 Å². The highest BCUT2D eigenvalue weighted by Gasteiger charge is 2.44. The average Bonchev–Trinajstić information content (AvgIpc) is 3.34. The van der Waals surface area contributed by atoms with Crippen LogP contribution in [0, 0.1) is 12.7 Å². The number of hydrogen-bond acceptors (Lipinski definition) is 2. The van der Waals surface area contributed by atoms with Crippen molar-refractivity contribution >= 4 is 5.91 Å². The topological polar surface area (TPSA) is 55.1 Å². The minimum atomic E-state index is -0.667. The Labute approximate surface area is 135 Å². The number of nitrogens with one attached hydrogen (secondary N) is 1. The van der Waals surface area contributed by atoms with Gasteiger partial charge in [0.1, 0.15) is 11.9 Å². The standard InChI is InChI=1S/C19H21FN2O/c1-13-2-4-14(5-3-13)17(21)18(23)22-12-19(10-11-19)15-6-8-16(20)9-7-15/h2-9,17H,10-12,21H2,1H3,(H,22,23). The second kappa shape index (κ2) is 6.13. The van der Waals surface area contributed by atoms with Crippen LogP contribution in [0.4, 0.5) is 4.39 Å². The van der Waals surface area contributed by atoms with E-state index in [2.05, 4.69) is 5.32 Å². The zero-order chi connectivity index (χ0) is 16.4. The van der Waals surface area contributed by atoms with Gasteiger partial charge in [-0.15, -0.1) is 0 Å². The lowest BCUT2D eigenvalue weighted by molar-refractivity contribution is -0.122. The predicted octanol–water partition coefficient (Wildman–Crippen LogP) is 2.98. The first-order chi connectivity index (χ1) is 11.0. The van der Waals surface area contributed by atoms with Crippen molar-refractivity contribution in [3.8, 4) is 0 Å². The number of halogens is 1. The van der Waals surface area contributed by atoms with Crippen molar-refractivity contribution in [2.75, 3.05) is 6.54 Å². The third-order valence-electron chi connectivity index (χ3n) is 4.63. The molecular formula is C19H21FN2O. The molecule has 0 saturated heterocycles. The molecule has 0 bridgehead atoms. The third-order valence-corrected chi connectivity index (χ3v) is 4.63. The van der Waals surface area contributed by atoms with Gasteiger partial charge in [-0.25, -0.2) is 4.39 Å². The summed E-state index contributed by atoms with van der Waals surface area (Å²) in [4.78, 5) is 12.3. The van der Waals surface area contributed by atoms with Crippen LogP contribution in [0.3, 0.4) is 0 Å². The molecule has 4 heteroatoms. The van der Waals surface area contributed by atoms with Gasteiger partial charge in [-0.2, -0.15) is 0 Å². The smallest absolute Gasteiger partial charge is 0.241 e. The first-order valence-electron chi connectivity index (χ1n) is 7.86. The molecule has 120 valence electrons. The van der Waals surface area contributed by atoms with E-state index < -0.39 is 6.04 Å². The van der Waals surface area contributed by atoms with Gasteiger partial charge >= 0.3 is 0 Å². The predicted molar refractivity (Wildman–Crippen MR) is 88.4 cm³/mol. The van der Waals surface area contributed by atoms with Crippen LogP contribution < -0.4 is 11.1 Å². The van der Waals surface area contributed by atoms with E-state index in [4.69, 9.17) is 5.73 Å². The molecule has 0 aliphatic heterocycles. The molecule has 2 aromatic rings. The van der Waals surface area contributed by atoms with Crippen LogP contribution in [0.25, 0.3) is 0 Å². The molecular weight excluding hydrogens is 291 g/mol. The highest BCUT2D eigenvalue weighted by Crippen LogP contribution is 2.47. The SMILES string of the molecule is Cc1ccc(C(N)C(=O)NCC2(c3ccc(F)cc3)CC2)cc1. The Hall–Kier alpha value is -2.20. The van der Waals surface area contributed by atoms with Crippen LogP contribution in [0.15, 0.2) is 48.5 Å². The summed E-state index contributed by atoms with van der Waals surface area (Å²) in [5, 5.41) is 2.95. The Morgan fingerprint density at radius 3 is 2.35 bits per heavy atom. The number of aryl methyl sites for hydroxylation is 1. The minimum absolute atomic E-state index is 0.0592. The Balaban J connectivity index is 1.62.